The predicted octanol–water partition coefficient (Wildman–Crippen LogP) is 3.98. The Balaban J connectivity index is 2.11. The van der Waals surface area contributed by atoms with Crippen molar-refractivity contribution in [1.29, 1.82) is 0 Å². The Morgan fingerprint density at radius 1 is 1.05 bits per heavy atom. The second kappa shape index (κ2) is 5.46. The van der Waals surface area contributed by atoms with Gasteiger partial charge in [-0.3, -0.25) is 4.31 Å². The summed E-state index contributed by atoms with van der Waals surface area (Å²) in [6, 6.07) is 14.6. The lowest BCUT2D eigenvalue weighted by molar-refractivity contribution is 0.592. The Labute approximate surface area is 138 Å². The third-order valence-electron chi connectivity index (χ3n) is 3.48. The summed E-state index contributed by atoms with van der Waals surface area (Å²) in [5.41, 5.74) is 2.74. The highest BCUT2D eigenvalue weighted by atomic mass is 127. The third kappa shape index (κ3) is 2.60. The number of nitrogens with zero attached hydrogens (tertiary/aromatic N) is 1. The van der Waals surface area contributed by atoms with Crippen LogP contribution in [0.3, 0.4) is 0 Å². The molecule has 3 rings (SSSR count). The average Bonchev–Trinajstić information content (AvgIpc) is 2.48. The van der Waals surface area contributed by atoms with E-state index >= 15 is 0 Å². The van der Waals surface area contributed by atoms with Crippen LogP contribution in [0.15, 0.2) is 59.5 Å². The highest BCUT2D eigenvalue weighted by Crippen LogP contribution is 2.37. The number of halogens is 1. The van der Waals surface area contributed by atoms with Crippen LogP contribution in [-0.2, 0) is 10.0 Å². The van der Waals surface area contributed by atoms with Crippen LogP contribution in [-0.4, -0.2) is 15.0 Å². The molecule has 2 aromatic carbocycles. The van der Waals surface area contributed by atoms with Gasteiger partial charge in [-0.1, -0.05) is 35.9 Å². The molecule has 1 heterocycles. The minimum absolute atomic E-state index is 0.327. The molecule has 1 aliphatic heterocycles. The first kappa shape index (κ1) is 14.6. The molecule has 108 valence electrons. The lowest BCUT2D eigenvalue weighted by Crippen LogP contribution is -2.33. The number of rotatable bonds is 2. The Morgan fingerprint density at radius 3 is 2.43 bits per heavy atom. The van der Waals surface area contributed by atoms with Crippen molar-refractivity contribution in [3.63, 3.8) is 0 Å². The minimum Gasteiger partial charge on any atom is -0.262 e. The van der Waals surface area contributed by atoms with Crippen LogP contribution in [0.1, 0.15) is 11.1 Å². The fourth-order valence-electron chi connectivity index (χ4n) is 2.33. The second-order valence-electron chi connectivity index (χ2n) is 4.92. The fraction of sp³-hybridized carbons (Fsp3) is 0.125. The first-order valence-corrected chi connectivity index (χ1v) is 9.06. The lowest BCUT2D eigenvalue weighted by Gasteiger charge is -2.28. The molecule has 0 atom stereocenters. The molecule has 2 aromatic rings. The Kier molecular flexibility index (Phi) is 3.79. The van der Waals surface area contributed by atoms with E-state index in [0.717, 1.165) is 20.4 Å². The van der Waals surface area contributed by atoms with Gasteiger partial charge >= 0.3 is 0 Å². The molecule has 1 aliphatic rings. The summed E-state index contributed by atoms with van der Waals surface area (Å²) >= 11 is 2.25. The van der Waals surface area contributed by atoms with Gasteiger partial charge in [-0.15, -0.1) is 0 Å². The summed E-state index contributed by atoms with van der Waals surface area (Å²) in [4.78, 5) is 0.327. The molecule has 0 unspecified atom stereocenters. The summed E-state index contributed by atoms with van der Waals surface area (Å²) in [5.74, 6) is 0. The van der Waals surface area contributed by atoms with Gasteiger partial charge in [0.25, 0.3) is 10.0 Å². The quantitative estimate of drug-likeness (QED) is 0.702. The van der Waals surface area contributed by atoms with Crippen LogP contribution < -0.4 is 4.31 Å². The van der Waals surface area contributed by atoms with Gasteiger partial charge in [0.2, 0.25) is 0 Å². The van der Waals surface area contributed by atoms with E-state index in [9.17, 15) is 8.42 Å². The van der Waals surface area contributed by atoms with E-state index < -0.39 is 10.0 Å². The molecular formula is C16H14INO2S. The summed E-state index contributed by atoms with van der Waals surface area (Å²) in [6.07, 6.45) is 1.94. The van der Waals surface area contributed by atoms with Crippen molar-refractivity contribution in [2.45, 2.75) is 11.8 Å². The van der Waals surface area contributed by atoms with Crippen molar-refractivity contribution in [3.05, 3.63) is 65.7 Å². The average molecular weight is 411 g/mol. The molecule has 5 heteroatoms. The van der Waals surface area contributed by atoms with E-state index in [1.165, 1.54) is 4.31 Å². The van der Waals surface area contributed by atoms with E-state index in [-0.39, 0.29) is 0 Å². The van der Waals surface area contributed by atoms with Crippen molar-refractivity contribution in [2.24, 2.45) is 0 Å². The maximum Gasteiger partial charge on any atom is 0.264 e. The molecule has 21 heavy (non-hydrogen) atoms. The molecule has 0 aromatic heterocycles. The molecule has 0 bridgehead atoms. The molecular weight excluding hydrogens is 397 g/mol. The summed E-state index contributed by atoms with van der Waals surface area (Å²) < 4.78 is 28.3. The van der Waals surface area contributed by atoms with Crippen LogP contribution in [0.25, 0.3) is 3.58 Å². The van der Waals surface area contributed by atoms with Crippen molar-refractivity contribution < 1.29 is 8.42 Å². The lowest BCUT2D eigenvalue weighted by atomic mass is 10.1. The number of anilines is 1. The smallest absolute Gasteiger partial charge is 0.262 e. The zero-order valence-electron chi connectivity index (χ0n) is 11.5. The number of aryl methyl sites for hydroxylation is 1. The standard InChI is InChI=1S/C16H14INO2S/c1-12-6-8-13(9-7-12)21(19,20)18-11-10-15(17)14-4-2-3-5-16(14)18/h2-10H,11H2,1H3. The monoisotopic (exact) mass is 411 g/mol. The van der Waals surface area contributed by atoms with Gasteiger partial charge in [0, 0.05) is 9.14 Å². The number of benzene rings is 2. The predicted molar refractivity (Wildman–Crippen MR) is 94.1 cm³/mol. The summed E-state index contributed by atoms with van der Waals surface area (Å²) in [5, 5.41) is 0. The maximum absolute atomic E-state index is 12.9. The fourth-order valence-corrected chi connectivity index (χ4v) is 4.41. The Bertz CT molecular complexity index is 810. The first-order chi connectivity index (χ1) is 10.00. The molecule has 3 nitrogen and oxygen atoms in total. The molecule has 0 N–H and O–H groups in total. The van der Waals surface area contributed by atoms with Crippen molar-refractivity contribution in [3.8, 4) is 0 Å². The topological polar surface area (TPSA) is 37.4 Å². The zero-order valence-corrected chi connectivity index (χ0v) is 14.4. The van der Waals surface area contributed by atoms with Gasteiger partial charge in [0.15, 0.2) is 0 Å². The summed E-state index contributed by atoms with van der Waals surface area (Å²) in [7, 11) is -3.53. The molecule has 0 fully saturated rings. The van der Waals surface area contributed by atoms with E-state index in [1.807, 2.05) is 49.4 Å². The molecule has 0 aliphatic carbocycles. The number of para-hydroxylation sites is 1. The van der Waals surface area contributed by atoms with Crippen LogP contribution in [0.4, 0.5) is 5.69 Å². The van der Waals surface area contributed by atoms with Crippen molar-refractivity contribution >= 4 is 41.9 Å². The maximum atomic E-state index is 12.9. The largest absolute Gasteiger partial charge is 0.264 e. The Morgan fingerprint density at radius 2 is 1.71 bits per heavy atom. The van der Waals surface area contributed by atoms with Gasteiger partial charge in [-0.2, -0.15) is 0 Å². The highest BCUT2D eigenvalue weighted by Gasteiger charge is 2.28. The SMILES string of the molecule is Cc1ccc(S(=O)(=O)N2CC=C(I)c3ccccc32)cc1. The number of sulfonamides is 1. The van der Waals surface area contributed by atoms with Gasteiger partial charge < -0.3 is 0 Å². The molecule has 0 saturated carbocycles. The van der Waals surface area contributed by atoms with Gasteiger partial charge in [0.05, 0.1) is 17.1 Å². The molecule has 0 radical (unpaired) electrons. The van der Waals surface area contributed by atoms with Gasteiger partial charge in [-0.05, 0) is 53.8 Å². The number of hydrogen-bond donors (Lipinski definition) is 0. The van der Waals surface area contributed by atoms with E-state index in [4.69, 9.17) is 0 Å². The normalized spacial score (nSPS) is 14.6. The van der Waals surface area contributed by atoms with E-state index in [2.05, 4.69) is 22.6 Å². The Hall–Kier alpha value is -1.34. The van der Waals surface area contributed by atoms with Crippen LogP contribution >= 0.6 is 22.6 Å². The van der Waals surface area contributed by atoms with Crippen molar-refractivity contribution in [2.75, 3.05) is 10.8 Å². The van der Waals surface area contributed by atoms with Gasteiger partial charge in [-0.25, -0.2) is 8.42 Å². The molecule has 0 amide bonds. The van der Waals surface area contributed by atoms with Crippen molar-refractivity contribution in [1.82, 2.24) is 0 Å². The minimum atomic E-state index is -3.53. The third-order valence-corrected chi connectivity index (χ3v) is 6.29. The van der Waals surface area contributed by atoms with Crippen LogP contribution in [0.5, 0.6) is 0 Å². The summed E-state index contributed by atoms with van der Waals surface area (Å²) in [6.45, 7) is 2.31. The second-order valence-corrected chi connectivity index (χ2v) is 7.94. The first-order valence-electron chi connectivity index (χ1n) is 6.54. The highest BCUT2D eigenvalue weighted by molar-refractivity contribution is 14.1. The van der Waals surface area contributed by atoms with Crippen LogP contribution in [0.2, 0.25) is 0 Å². The number of hydrogen-bond acceptors (Lipinski definition) is 2. The number of fused-ring (bicyclic) bond motifs is 1. The van der Waals surface area contributed by atoms with E-state index in [1.54, 1.807) is 12.1 Å². The molecule has 0 saturated heterocycles. The molecule has 0 spiro atoms. The zero-order chi connectivity index (χ0) is 15.0. The van der Waals surface area contributed by atoms with Crippen LogP contribution in [0, 0.1) is 6.92 Å². The van der Waals surface area contributed by atoms with Gasteiger partial charge in [0.1, 0.15) is 0 Å². The van der Waals surface area contributed by atoms with E-state index in [0.29, 0.717) is 11.4 Å².